The highest BCUT2D eigenvalue weighted by molar-refractivity contribution is 7.92. The summed E-state index contributed by atoms with van der Waals surface area (Å²) < 4.78 is 67.7. The summed E-state index contributed by atoms with van der Waals surface area (Å²) in [6.45, 7) is -0.313. The van der Waals surface area contributed by atoms with E-state index in [1.54, 1.807) is 0 Å². The van der Waals surface area contributed by atoms with E-state index in [1.807, 2.05) is 0 Å². The molecule has 6 nitrogen and oxygen atoms in total. The van der Waals surface area contributed by atoms with Gasteiger partial charge in [-0.05, 0) is 18.2 Å². The number of alkyl halides is 3. The molecule has 0 bridgehead atoms. The molecule has 0 atom stereocenters. The van der Waals surface area contributed by atoms with Crippen LogP contribution in [-0.2, 0) is 25.7 Å². The molecule has 1 N–H and O–H groups in total. The largest absolute Gasteiger partial charge is 0.417 e. The van der Waals surface area contributed by atoms with Gasteiger partial charge >= 0.3 is 6.18 Å². The molecule has 1 amide bonds. The molecule has 0 unspecified atom stereocenters. The second kappa shape index (κ2) is 8.04. The summed E-state index contributed by atoms with van der Waals surface area (Å²) in [5.41, 5.74) is -1.49. The molecule has 1 aromatic carbocycles. The van der Waals surface area contributed by atoms with Gasteiger partial charge in [0, 0.05) is 13.7 Å². The molecule has 0 aromatic heterocycles. The predicted molar refractivity (Wildman–Crippen MR) is 83.5 cm³/mol. The fourth-order valence-corrected chi connectivity index (χ4v) is 2.84. The number of ether oxygens (including phenoxy) is 1. The maximum absolute atomic E-state index is 12.9. The van der Waals surface area contributed by atoms with Gasteiger partial charge in [0.1, 0.15) is 6.54 Å². The number of sulfonamides is 1. The van der Waals surface area contributed by atoms with Crippen LogP contribution in [0, 0.1) is 0 Å². The third-order valence-electron chi connectivity index (χ3n) is 2.86. The Bertz CT molecular complexity index is 695. The minimum absolute atomic E-state index is 0.140. The average molecular weight is 389 g/mol. The number of benzene rings is 1. The van der Waals surface area contributed by atoms with Gasteiger partial charge in [-0.1, -0.05) is 11.6 Å². The second-order valence-electron chi connectivity index (χ2n) is 4.77. The second-order valence-corrected chi connectivity index (χ2v) is 7.09. The van der Waals surface area contributed by atoms with Crippen LogP contribution in [0.3, 0.4) is 0 Å². The Hall–Kier alpha value is -1.52. The lowest BCUT2D eigenvalue weighted by Gasteiger charge is -2.23. The summed E-state index contributed by atoms with van der Waals surface area (Å²) in [6, 6.07) is 2.62. The molecule has 0 saturated carbocycles. The van der Waals surface area contributed by atoms with Crippen molar-refractivity contribution < 1.29 is 31.1 Å². The van der Waals surface area contributed by atoms with Gasteiger partial charge in [-0.2, -0.15) is 13.2 Å². The molecule has 0 aliphatic heterocycles. The molecule has 0 spiro atoms. The van der Waals surface area contributed by atoms with E-state index in [4.69, 9.17) is 16.3 Å². The predicted octanol–water partition coefficient (Wildman–Crippen LogP) is 1.89. The first-order valence-electron chi connectivity index (χ1n) is 6.57. The first-order valence-corrected chi connectivity index (χ1v) is 8.79. The number of carbonyl (C=O) groups is 1. The Balaban J connectivity index is 3.13. The van der Waals surface area contributed by atoms with Gasteiger partial charge in [-0.15, -0.1) is 0 Å². The molecule has 0 saturated heterocycles. The van der Waals surface area contributed by atoms with Crippen molar-refractivity contribution in [2.45, 2.75) is 6.18 Å². The van der Waals surface area contributed by atoms with E-state index in [0.717, 1.165) is 18.4 Å². The van der Waals surface area contributed by atoms with Crippen LogP contribution in [0.25, 0.3) is 0 Å². The monoisotopic (exact) mass is 388 g/mol. The van der Waals surface area contributed by atoms with Crippen LogP contribution in [-0.4, -0.2) is 47.4 Å². The smallest absolute Gasteiger partial charge is 0.383 e. The molecule has 0 heterocycles. The molecule has 11 heteroatoms. The number of nitrogens with one attached hydrogen (secondary N) is 1. The molecule has 0 aliphatic carbocycles. The molecule has 0 radical (unpaired) electrons. The molecule has 1 aromatic rings. The molecular weight excluding hydrogens is 373 g/mol. The Morgan fingerprint density at radius 1 is 1.38 bits per heavy atom. The fourth-order valence-electron chi connectivity index (χ4n) is 1.76. The van der Waals surface area contributed by atoms with Crippen LogP contribution < -0.4 is 9.62 Å². The molecular formula is C13H16ClF3N2O4S. The van der Waals surface area contributed by atoms with Crippen LogP contribution in [0.4, 0.5) is 18.9 Å². The van der Waals surface area contributed by atoms with Crippen molar-refractivity contribution in [3.63, 3.8) is 0 Å². The zero-order chi connectivity index (χ0) is 18.5. The SMILES string of the molecule is COCCNC(=O)CN(c1ccc(Cl)c(C(F)(F)F)c1)S(C)(=O)=O. The van der Waals surface area contributed by atoms with Crippen LogP contribution in [0.1, 0.15) is 5.56 Å². The molecule has 136 valence electrons. The lowest BCUT2D eigenvalue weighted by atomic mass is 10.2. The van der Waals surface area contributed by atoms with E-state index in [-0.39, 0.29) is 18.8 Å². The average Bonchev–Trinajstić information content (AvgIpc) is 2.43. The highest BCUT2D eigenvalue weighted by Crippen LogP contribution is 2.37. The number of halogens is 4. The van der Waals surface area contributed by atoms with Crippen molar-refractivity contribution in [2.75, 3.05) is 37.4 Å². The number of carbonyl (C=O) groups excluding carboxylic acids is 1. The highest BCUT2D eigenvalue weighted by atomic mass is 35.5. The first kappa shape index (κ1) is 20.5. The van der Waals surface area contributed by atoms with Gasteiger partial charge in [0.25, 0.3) is 0 Å². The number of hydrogen-bond acceptors (Lipinski definition) is 4. The van der Waals surface area contributed by atoms with Gasteiger partial charge in [0.2, 0.25) is 15.9 Å². The van der Waals surface area contributed by atoms with Crippen LogP contribution >= 0.6 is 11.6 Å². The Labute approximate surface area is 142 Å². The Morgan fingerprint density at radius 2 is 2.00 bits per heavy atom. The molecule has 0 aliphatic rings. The lowest BCUT2D eigenvalue weighted by Crippen LogP contribution is -2.41. The normalized spacial score (nSPS) is 12.1. The standard InChI is InChI=1S/C13H16ClF3N2O4S/c1-23-6-5-18-12(20)8-19(24(2,21)22)9-3-4-11(14)10(7-9)13(15,16)17/h3-4,7H,5-6,8H2,1-2H3,(H,18,20). The number of nitrogens with zero attached hydrogens (tertiary/aromatic N) is 1. The number of anilines is 1. The van der Waals surface area contributed by atoms with Gasteiger partial charge in [0.15, 0.2) is 0 Å². The summed E-state index contributed by atoms with van der Waals surface area (Å²) in [4.78, 5) is 11.8. The van der Waals surface area contributed by atoms with Crippen molar-refractivity contribution in [1.29, 1.82) is 0 Å². The van der Waals surface area contributed by atoms with Gasteiger partial charge in [-0.25, -0.2) is 8.42 Å². The van der Waals surface area contributed by atoms with Crippen molar-refractivity contribution >= 4 is 33.2 Å². The first-order chi connectivity index (χ1) is 11.0. The Kier molecular flexibility index (Phi) is 6.87. The van der Waals surface area contributed by atoms with Crippen molar-refractivity contribution in [1.82, 2.24) is 5.32 Å². The maximum Gasteiger partial charge on any atom is 0.417 e. The summed E-state index contributed by atoms with van der Waals surface area (Å²) in [5, 5.41) is 1.83. The maximum atomic E-state index is 12.9. The molecule has 1 rings (SSSR count). The van der Waals surface area contributed by atoms with E-state index in [1.165, 1.54) is 7.11 Å². The van der Waals surface area contributed by atoms with Crippen LogP contribution in [0.15, 0.2) is 18.2 Å². The van der Waals surface area contributed by atoms with Gasteiger partial charge < -0.3 is 10.1 Å². The van der Waals surface area contributed by atoms with Gasteiger partial charge in [-0.3, -0.25) is 9.10 Å². The van der Waals surface area contributed by atoms with Gasteiger partial charge in [0.05, 0.1) is 29.1 Å². The van der Waals surface area contributed by atoms with Crippen molar-refractivity contribution in [2.24, 2.45) is 0 Å². The van der Waals surface area contributed by atoms with E-state index in [2.05, 4.69) is 5.32 Å². The Morgan fingerprint density at radius 3 is 2.50 bits per heavy atom. The van der Waals surface area contributed by atoms with Crippen LogP contribution in [0.2, 0.25) is 5.02 Å². The number of amides is 1. The minimum Gasteiger partial charge on any atom is -0.383 e. The van der Waals surface area contributed by atoms with E-state index in [9.17, 15) is 26.4 Å². The van der Waals surface area contributed by atoms with E-state index >= 15 is 0 Å². The van der Waals surface area contributed by atoms with Crippen molar-refractivity contribution in [3.8, 4) is 0 Å². The fraction of sp³-hybridized carbons (Fsp3) is 0.462. The number of hydrogen-bond donors (Lipinski definition) is 1. The lowest BCUT2D eigenvalue weighted by molar-refractivity contribution is -0.137. The zero-order valence-corrected chi connectivity index (χ0v) is 14.4. The third kappa shape index (κ3) is 5.84. The quantitative estimate of drug-likeness (QED) is 0.724. The number of rotatable bonds is 7. The molecule has 24 heavy (non-hydrogen) atoms. The topological polar surface area (TPSA) is 75.7 Å². The zero-order valence-electron chi connectivity index (χ0n) is 12.9. The summed E-state index contributed by atoms with van der Waals surface area (Å²) in [7, 11) is -2.57. The van der Waals surface area contributed by atoms with Crippen LogP contribution in [0.5, 0.6) is 0 Å². The third-order valence-corrected chi connectivity index (χ3v) is 4.33. The van der Waals surface area contributed by atoms with E-state index < -0.39 is 39.2 Å². The van der Waals surface area contributed by atoms with Crippen molar-refractivity contribution in [3.05, 3.63) is 28.8 Å². The number of methoxy groups -OCH3 is 1. The summed E-state index contributed by atoms with van der Waals surface area (Å²) in [6.07, 6.45) is -3.96. The highest BCUT2D eigenvalue weighted by Gasteiger charge is 2.34. The minimum atomic E-state index is -4.75. The summed E-state index contributed by atoms with van der Waals surface area (Å²) in [5.74, 6) is -0.680. The summed E-state index contributed by atoms with van der Waals surface area (Å²) >= 11 is 5.51. The van der Waals surface area contributed by atoms with E-state index in [0.29, 0.717) is 10.4 Å². The molecule has 0 fully saturated rings.